The van der Waals surface area contributed by atoms with E-state index < -0.39 is 52.1 Å². The van der Waals surface area contributed by atoms with Gasteiger partial charge in [-0.05, 0) is 11.6 Å². The Balaban J connectivity index is 0.00000441. The number of alkyl halides is 5. The Kier molecular flexibility index (Phi) is 7.20. The molecule has 0 spiro atoms. The molecule has 0 aliphatic heterocycles. The molecule has 0 saturated carbocycles. The molecule has 11 heteroatoms. The maximum Gasteiger partial charge on any atom is 0.416 e. The van der Waals surface area contributed by atoms with Gasteiger partial charge in [-0.25, -0.2) is 21.9 Å². The molecule has 22 heavy (non-hydrogen) atoms. The summed E-state index contributed by atoms with van der Waals surface area (Å²) in [6.07, 6.45) is -4.73. The smallest absolute Gasteiger partial charge is 0.325 e. The molecule has 0 aromatic heterocycles. The Morgan fingerprint density at radius 2 is 1.64 bits per heavy atom. The van der Waals surface area contributed by atoms with Crippen molar-refractivity contribution in [2.24, 2.45) is 5.73 Å². The number of hydrogen-bond donors (Lipinski definition) is 2. The maximum atomic E-state index is 12.9. The fourth-order valence-electron chi connectivity index (χ4n) is 1.47. The summed E-state index contributed by atoms with van der Waals surface area (Å²) in [5.41, 5.74) is 3.09. The summed E-state index contributed by atoms with van der Waals surface area (Å²) in [6, 6.07) is 4.03. The van der Waals surface area contributed by atoms with Crippen LogP contribution in [0.4, 0.5) is 22.0 Å². The minimum atomic E-state index is -4.73. The van der Waals surface area contributed by atoms with Gasteiger partial charge in [0.15, 0.2) is 0 Å². The third-order valence-electron chi connectivity index (χ3n) is 2.52. The Morgan fingerprint density at radius 3 is 2.14 bits per heavy atom. The van der Waals surface area contributed by atoms with E-state index in [1.54, 1.807) is 4.72 Å². The number of halogens is 6. The van der Waals surface area contributed by atoms with Crippen LogP contribution in [0, 0.1) is 0 Å². The molecule has 128 valence electrons. The molecule has 0 unspecified atom stereocenters. The molecule has 0 aliphatic carbocycles. The van der Waals surface area contributed by atoms with Gasteiger partial charge in [-0.1, -0.05) is 18.2 Å². The largest absolute Gasteiger partial charge is 0.416 e. The van der Waals surface area contributed by atoms with Crippen molar-refractivity contribution in [1.82, 2.24) is 4.72 Å². The molecule has 0 bridgehead atoms. The molecule has 0 aliphatic rings. The van der Waals surface area contributed by atoms with Crippen molar-refractivity contribution >= 4 is 22.4 Å². The van der Waals surface area contributed by atoms with Gasteiger partial charge in [0.25, 0.3) is 5.92 Å². The topological polar surface area (TPSA) is 72.2 Å². The number of sulfonamides is 1. The Morgan fingerprint density at radius 1 is 1.09 bits per heavy atom. The monoisotopic (exact) mass is 368 g/mol. The van der Waals surface area contributed by atoms with E-state index in [1.807, 2.05) is 0 Å². The lowest BCUT2D eigenvalue weighted by Crippen LogP contribution is -2.41. The average Bonchev–Trinajstić information content (AvgIpc) is 2.36. The van der Waals surface area contributed by atoms with Crippen LogP contribution in [0.1, 0.15) is 11.1 Å². The SMILES string of the molecule is Cl.NCC(F)(F)CNS(=O)(=O)Cc1ccccc1C(F)(F)F. The van der Waals surface area contributed by atoms with Crippen LogP contribution in [0.2, 0.25) is 0 Å². The van der Waals surface area contributed by atoms with E-state index in [0.717, 1.165) is 18.2 Å². The van der Waals surface area contributed by atoms with Gasteiger partial charge < -0.3 is 5.73 Å². The van der Waals surface area contributed by atoms with Crippen LogP contribution in [0.25, 0.3) is 0 Å². The number of nitrogens with two attached hydrogens (primary N) is 1. The summed E-state index contributed by atoms with van der Waals surface area (Å²) in [7, 11) is -4.35. The fourth-order valence-corrected chi connectivity index (χ4v) is 2.66. The summed E-state index contributed by atoms with van der Waals surface area (Å²) in [5.74, 6) is -4.51. The summed E-state index contributed by atoms with van der Waals surface area (Å²) in [5, 5.41) is 0. The zero-order chi connectivity index (χ0) is 16.3. The number of nitrogens with one attached hydrogen (secondary N) is 1. The quantitative estimate of drug-likeness (QED) is 0.756. The molecule has 0 radical (unpaired) electrons. The normalized spacial score (nSPS) is 12.8. The molecule has 0 saturated heterocycles. The highest BCUT2D eigenvalue weighted by Gasteiger charge is 2.34. The van der Waals surface area contributed by atoms with Crippen LogP contribution in [-0.2, 0) is 22.0 Å². The van der Waals surface area contributed by atoms with Gasteiger partial charge in [-0.15, -0.1) is 12.4 Å². The lowest BCUT2D eigenvalue weighted by Gasteiger charge is -2.16. The van der Waals surface area contributed by atoms with Crippen molar-refractivity contribution in [3.63, 3.8) is 0 Å². The number of hydrogen-bond acceptors (Lipinski definition) is 3. The lowest BCUT2D eigenvalue weighted by atomic mass is 10.1. The molecule has 0 fully saturated rings. The highest BCUT2D eigenvalue weighted by atomic mass is 35.5. The molecule has 1 aromatic rings. The predicted octanol–water partition coefficient (Wildman–Crippen LogP) is 2.14. The van der Waals surface area contributed by atoms with E-state index >= 15 is 0 Å². The van der Waals surface area contributed by atoms with Gasteiger partial charge >= 0.3 is 6.18 Å². The molecule has 1 rings (SSSR count). The van der Waals surface area contributed by atoms with Gasteiger partial charge in [0.05, 0.1) is 24.4 Å². The summed E-state index contributed by atoms with van der Waals surface area (Å²) >= 11 is 0. The van der Waals surface area contributed by atoms with Gasteiger partial charge in [0.1, 0.15) is 0 Å². The number of benzene rings is 1. The zero-order valence-corrected chi connectivity index (χ0v) is 12.7. The highest BCUT2D eigenvalue weighted by Crippen LogP contribution is 2.32. The first-order chi connectivity index (χ1) is 9.47. The zero-order valence-electron chi connectivity index (χ0n) is 11.0. The van der Waals surface area contributed by atoms with Gasteiger partial charge in [-0.2, -0.15) is 13.2 Å². The third kappa shape index (κ3) is 6.42. The van der Waals surface area contributed by atoms with E-state index in [9.17, 15) is 30.4 Å². The Hall–Kier alpha value is -0.970. The van der Waals surface area contributed by atoms with Crippen molar-refractivity contribution in [3.8, 4) is 0 Å². The average molecular weight is 369 g/mol. The molecule has 0 amide bonds. The van der Waals surface area contributed by atoms with Crippen LogP contribution in [0.5, 0.6) is 0 Å². The maximum absolute atomic E-state index is 12.9. The molecule has 0 atom stereocenters. The summed E-state index contributed by atoms with van der Waals surface area (Å²) < 4.78 is 88.6. The summed E-state index contributed by atoms with van der Waals surface area (Å²) in [6.45, 7) is -2.34. The molecule has 0 heterocycles. The summed E-state index contributed by atoms with van der Waals surface area (Å²) in [4.78, 5) is 0. The van der Waals surface area contributed by atoms with Gasteiger partial charge in [0, 0.05) is 0 Å². The standard InChI is InChI=1S/C11H13F5N2O2S.ClH/c12-10(13,6-17)7-18-21(19,20)5-8-3-1-2-4-9(8)11(14,15)16;/h1-4,18H,5-7,17H2;1H. The van der Waals surface area contributed by atoms with Gasteiger partial charge in [-0.3, -0.25) is 0 Å². The first-order valence-electron chi connectivity index (χ1n) is 5.67. The second kappa shape index (κ2) is 7.53. The second-order valence-corrected chi connectivity index (χ2v) is 6.10. The van der Waals surface area contributed by atoms with Crippen LogP contribution in [-0.4, -0.2) is 27.4 Å². The molecular weight excluding hydrogens is 355 g/mol. The molecular formula is C11H14ClF5N2O2S. The third-order valence-corrected chi connectivity index (χ3v) is 3.79. The minimum Gasteiger partial charge on any atom is -0.325 e. The van der Waals surface area contributed by atoms with Crippen LogP contribution < -0.4 is 10.5 Å². The van der Waals surface area contributed by atoms with E-state index in [1.165, 1.54) is 6.07 Å². The molecule has 1 aromatic carbocycles. The van der Waals surface area contributed by atoms with Crippen LogP contribution in [0.15, 0.2) is 24.3 Å². The highest BCUT2D eigenvalue weighted by molar-refractivity contribution is 7.88. The van der Waals surface area contributed by atoms with E-state index in [2.05, 4.69) is 0 Å². The van der Waals surface area contributed by atoms with Crippen LogP contribution in [0.3, 0.4) is 0 Å². The van der Waals surface area contributed by atoms with Crippen molar-refractivity contribution in [2.75, 3.05) is 13.1 Å². The van der Waals surface area contributed by atoms with Crippen molar-refractivity contribution in [2.45, 2.75) is 17.9 Å². The van der Waals surface area contributed by atoms with E-state index in [-0.39, 0.29) is 12.4 Å². The minimum absolute atomic E-state index is 0. The Bertz CT molecular complexity index is 592. The Labute approximate surface area is 130 Å². The first-order valence-corrected chi connectivity index (χ1v) is 7.32. The predicted molar refractivity (Wildman–Crippen MR) is 73.3 cm³/mol. The van der Waals surface area contributed by atoms with Gasteiger partial charge in [0.2, 0.25) is 10.0 Å². The lowest BCUT2D eigenvalue weighted by molar-refractivity contribution is -0.138. The fraction of sp³-hybridized carbons (Fsp3) is 0.455. The van der Waals surface area contributed by atoms with Crippen molar-refractivity contribution in [1.29, 1.82) is 0 Å². The van der Waals surface area contributed by atoms with Crippen LogP contribution >= 0.6 is 12.4 Å². The second-order valence-electron chi connectivity index (χ2n) is 4.30. The van der Waals surface area contributed by atoms with E-state index in [4.69, 9.17) is 5.73 Å². The molecule has 4 nitrogen and oxygen atoms in total. The van der Waals surface area contributed by atoms with E-state index in [0.29, 0.717) is 0 Å². The van der Waals surface area contributed by atoms with Crippen molar-refractivity contribution in [3.05, 3.63) is 35.4 Å². The first kappa shape index (κ1) is 21.0. The van der Waals surface area contributed by atoms with Crippen molar-refractivity contribution < 1.29 is 30.4 Å². The number of rotatable bonds is 6. The molecule has 3 N–H and O–H groups in total.